The van der Waals surface area contributed by atoms with Crippen molar-refractivity contribution in [2.45, 2.75) is 44.6 Å². The molecule has 4 N–H and O–H groups in total. The molecule has 0 bridgehead atoms. The number of carbonyl (C=O) groups is 2. The first kappa shape index (κ1) is 19.6. The van der Waals surface area contributed by atoms with Crippen LogP contribution in [0.5, 0.6) is 5.75 Å². The van der Waals surface area contributed by atoms with E-state index in [-0.39, 0.29) is 17.7 Å². The highest BCUT2D eigenvalue weighted by Gasteiger charge is 2.26. The highest BCUT2D eigenvalue weighted by Crippen LogP contribution is 2.27. The summed E-state index contributed by atoms with van der Waals surface area (Å²) in [5.74, 6) is -0.997. The predicted octanol–water partition coefficient (Wildman–Crippen LogP) is 1.26. The van der Waals surface area contributed by atoms with Gasteiger partial charge in [0.25, 0.3) is 11.5 Å². The maximum atomic E-state index is 12.3. The first-order chi connectivity index (χ1) is 13.4. The fraction of sp³-hybridized carbons (Fsp3) is 0.400. The molecule has 3 rings (SSSR count). The molecule has 1 amide bonds. The molecule has 28 heavy (non-hydrogen) atoms. The summed E-state index contributed by atoms with van der Waals surface area (Å²) in [7, 11) is 0. The van der Waals surface area contributed by atoms with E-state index in [4.69, 9.17) is 0 Å². The van der Waals surface area contributed by atoms with Crippen LogP contribution < -0.4 is 16.6 Å². The van der Waals surface area contributed by atoms with Crippen molar-refractivity contribution in [1.29, 1.82) is 0 Å². The molecule has 1 aromatic heterocycles. The van der Waals surface area contributed by atoms with Gasteiger partial charge in [-0.2, -0.15) is 0 Å². The SMILES string of the molecule is O=C(Cc1ccccc1)CC1CCC(NC(=O)c2[nH]c(=O)[nH]c(=O)c2O)CC1. The van der Waals surface area contributed by atoms with E-state index in [9.17, 15) is 24.3 Å². The van der Waals surface area contributed by atoms with Crippen molar-refractivity contribution in [2.75, 3.05) is 0 Å². The lowest BCUT2D eigenvalue weighted by Gasteiger charge is -2.28. The molecule has 0 unspecified atom stereocenters. The van der Waals surface area contributed by atoms with Crippen LogP contribution in [-0.2, 0) is 11.2 Å². The molecule has 1 fully saturated rings. The lowest BCUT2D eigenvalue weighted by atomic mass is 9.82. The summed E-state index contributed by atoms with van der Waals surface area (Å²) in [6.45, 7) is 0. The zero-order valence-electron chi connectivity index (χ0n) is 15.4. The van der Waals surface area contributed by atoms with Gasteiger partial charge >= 0.3 is 5.69 Å². The van der Waals surface area contributed by atoms with Crippen LogP contribution in [0.4, 0.5) is 0 Å². The molecule has 0 spiro atoms. The Kier molecular flexibility index (Phi) is 6.08. The Bertz CT molecular complexity index is 956. The highest BCUT2D eigenvalue weighted by molar-refractivity contribution is 5.94. The van der Waals surface area contributed by atoms with Crippen molar-refractivity contribution >= 4 is 11.7 Å². The number of benzene rings is 1. The van der Waals surface area contributed by atoms with Crippen molar-refractivity contribution in [2.24, 2.45) is 5.92 Å². The maximum Gasteiger partial charge on any atom is 0.326 e. The number of ketones is 1. The van der Waals surface area contributed by atoms with E-state index in [1.54, 1.807) is 0 Å². The molecule has 8 heteroatoms. The number of nitrogens with one attached hydrogen (secondary N) is 3. The van der Waals surface area contributed by atoms with Gasteiger partial charge in [-0.1, -0.05) is 30.3 Å². The minimum Gasteiger partial charge on any atom is -0.501 e. The van der Waals surface area contributed by atoms with Gasteiger partial charge in [-0.3, -0.25) is 24.4 Å². The number of hydrogen-bond acceptors (Lipinski definition) is 5. The zero-order chi connectivity index (χ0) is 20.1. The van der Waals surface area contributed by atoms with Gasteiger partial charge in [-0.25, -0.2) is 4.79 Å². The molecule has 0 saturated heterocycles. The minimum atomic E-state index is -1.01. The van der Waals surface area contributed by atoms with Crippen LogP contribution in [0.2, 0.25) is 0 Å². The van der Waals surface area contributed by atoms with E-state index in [0.717, 1.165) is 18.4 Å². The van der Waals surface area contributed by atoms with Gasteiger partial charge in [0.1, 0.15) is 5.78 Å². The van der Waals surface area contributed by atoms with Crippen LogP contribution in [0.3, 0.4) is 0 Å². The monoisotopic (exact) mass is 385 g/mol. The van der Waals surface area contributed by atoms with E-state index in [2.05, 4.69) is 10.3 Å². The smallest absolute Gasteiger partial charge is 0.326 e. The number of aromatic hydroxyl groups is 1. The molecule has 1 aliphatic rings. The normalized spacial score (nSPS) is 19.1. The van der Waals surface area contributed by atoms with Crippen LogP contribution in [-0.4, -0.2) is 32.8 Å². The summed E-state index contributed by atoms with van der Waals surface area (Å²) < 4.78 is 0. The number of Topliss-reactive ketones (excluding diaryl/α,β-unsaturated/α-hetero) is 1. The second kappa shape index (κ2) is 8.69. The Balaban J connectivity index is 1.49. The Hall–Kier alpha value is -3.16. The fourth-order valence-corrected chi connectivity index (χ4v) is 3.63. The van der Waals surface area contributed by atoms with E-state index in [1.807, 2.05) is 35.3 Å². The number of H-pyrrole nitrogens is 2. The summed E-state index contributed by atoms with van der Waals surface area (Å²) in [4.78, 5) is 51.2. The molecule has 0 radical (unpaired) electrons. The Morgan fingerprint density at radius 2 is 1.71 bits per heavy atom. The largest absolute Gasteiger partial charge is 0.501 e. The average Bonchev–Trinajstić information content (AvgIpc) is 2.67. The van der Waals surface area contributed by atoms with Crippen molar-refractivity contribution in [3.63, 3.8) is 0 Å². The second-order valence-electron chi connectivity index (χ2n) is 7.23. The van der Waals surface area contributed by atoms with Crippen molar-refractivity contribution < 1.29 is 14.7 Å². The summed E-state index contributed by atoms with van der Waals surface area (Å²) in [6.07, 6.45) is 3.98. The lowest BCUT2D eigenvalue weighted by Crippen LogP contribution is -2.40. The van der Waals surface area contributed by atoms with Crippen molar-refractivity contribution in [3.8, 4) is 5.75 Å². The first-order valence-electron chi connectivity index (χ1n) is 9.34. The minimum absolute atomic E-state index is 0.129. The highest BCUT2D eigenvalue weighted by atomic mass is 16.3. The summed E-state index contributed by atoms with van der Waals surface area (Å²) >= 11 is 0. The molecular weight excluding hydrogens is 362 g/mol. The number of rotatable bonds is 6. The maximum absolute atomic E-state index is 12.3. The first-order valence-corrected chi connectivity index (χ1v) is 9.34. The number of carbonyl (C=O) groups excluding carboxylic acids is 2. The predicted molar refractivity (Wildman–Crippen MR) is 102 cm³/mol. The van der Waals surface area contributed by atoms with Crippen LogP contribution in [0.25, 0.3) is 0 Å². The fourth-order valence-electron chi connectivity index (χ4n) is 3.63. The molecule has 1 aliphatic carbocycles. The van der Waals surface area contributed by atoms with Gasteiger partial charge in [0.15, 0.2) is 5.69 Å². The van der Waals surface area contributed by atoms with Crippen LogP contribution in [0, 0.1) is 5.92 Å². The molecule has 1 heterocycles. The Morgan fingerprint density at radius 3 is 2.39 bits per heavy atom. The molecule has 1 aromatic carbocycles. The van der Waals surface area contributed by atoms with E-state index >= 15 is 0 Å². The number of aromatic amines is 2. The number of hydrogen-bond donors (Lipinski definition) is 4. The van der Waals surface area contributed by atoms with Gasteiger partial charge < -0.3 is 10.4 Å². The van der Waals surface area contributed by atoms with Crippen molar-refractivity contribution in [1.82, 2.24) is 15.3 Å². The van der Waals surface area contributed by atoms with Crippen LogP contribution in [0.15, 0.2) is 39.9 Å². The molecule has 148 valence electrons. The second-order valence-corrected chi connectivity index (χ2v) is 7.23. The third kappa shape index (κ3) is 4.97. The molecule has 0 atom stereocenters. The molecule has 8 nitrogen and oxygen atoms in total. The third-order valence-electron chi connectivity index (χ3n) is 5.09. The van der Waals surface area contributed by atoms with E-state index in [0.29, 0.717) is 25.7 Å². The van der Waals surface area contributed by atoms with Crippen molar-refractivity contribution in [3.05, 3.63) is 62.4 Å². The summed E-state index contributed by atoms with van der Waals surface area (Å²) in [6, 6.07) is 9.52. The standard InChI is InChI=1S/C20H23N3O5/c24-15(10-12-4-2-1-3-5-12)11-13-6-8-14(9-7-13)21-18(26)16-17(25)19(27)23-20(28)22-16/h1-5,13-14,25H,6-11H2,(H,21,26)(H2,22,23,27,28). The Labute approximate surface area is 161 Å². The van der Waals surface area contributed by atoms with Crippen LogP contribution in [0.1, 0.15) is 48.2 Å². The molecule has 1 saturated carbocycles. The summed E-state index contributed by atoms with van der Waals surface area (Å²) in [5.41, 5.74) is -1.28. The van der Waals surface area contributed by atoms with E-state index in [1.165, 1.54) is 0 Å². The quantitative estimate of drug-likeness (QED) is 0.594. The van der Waals surface area contributed by atoms with Crippen LogP contribution >= 0.6 is 0 Å². The topological polar surface area (TPSA) is 132 Å². The van der Waals surface area contributed by atoms with Gasteiger partial charge in [0.05, 0.1) is 0 Å². The Morgan fingerprint density at radius 1 is 1.04 bits per heavy atom. The van der Waals surface area contributed by atoms with Gasteiger partial charge in [-0.05, 0) is 37.2 Å². The third-order valence-corrected chi connectivity index (χ3v) is 5.09. The number of amides is 1. The van der Waals surface area contributed by atoms with E-state index < -0.39 is 28.6 Å². The molecule has 0 aliphatic heterocycles. The molecule has 2 aromatic rings. The summed E-state index contributed by atoms with van der Waals surface area (Å²) in [5, 5.41) is 12.4. The number of aromatic nitrogens is 2. The van der Waals surface area contributed by atoms with Gasteiger partial charge in [0.2, 0.25) is 5.75 Å². The van der Waals surface area contributed by atoms with Gasteiger partial charge in [0, 0.05) is 18.9 Å². The molecular formula is C20H23N3O5. The lowest BCUT2D eigenvalue weighted by molar-refractivity contribution is -0.119. The zero-order valence-corrected chi connectivity index (χ0v) is 15.4. The van der Waals surface area contributed by atoms with Gasteiger partial charge in [-0.15, -0.1) is 0 Å². The average molecular weight is 385 g/mol.